The van der Waals surface area contributed by atoms with Crippen molar-refractivity contribution in [2.45, 2.75) is 6.54 Å². The van der Waals surface area contributed by atoms with Gasteiger partial charge in [-0.1, -0.05) is 18.2 Å². The molecule has 0 saturated heterocycles. The van der Waals surface area contributed by atoms with Crippen LogP contribution in [0.5, 0.6) is 17.2 Å². The molecule has 0 atom stereocenters. The number of fused-ring (bicyclic) bond motifs is 1. The van der Waals surface area contributed by atoms with E-state index in [0.717, 1.165) is 0 Å². The number of phenols is 1. The van der Waals surface area contributed by atoms with Crippen molar-refractivity contribution in [2.24, 2.45) is 0 Å². The van der Waals surface area contributed by atoms with Gasteiger partial charge in [0.05, 0.1) is 43.5 Å². The molecule has 0 fully saturated rings. The number of para-hydroxylation sites is 1. The molecule has 0 aliphatic carbocycles. The monoisotopic (exact) mass is 375 g/mol. The number of carbonyl (C=O) groups excluding carboxylic acids is 1. The van der Waals surface area contributed by atoms with Gasteiger partial charge in [-0.05, 0) is 24.3 Å². The van der Waals surface area contributed by atoms with Crippen molar-refractivity contribution in [1.29, 1.82) is 10.5 Å². The van der Waals surface area contributed by atoms with Gasteiger partial charge in [-0.15, -0.1) is 0 Å². The summed E-state index contributed by atoms with van der Waals surface area (Å²) in [6.07, 6.45) is 1.59. The highest BCUT2D eigenvalue weighted by Crippen LogP contribution is 2.40. The fraction of sp³-hybridized carbons (Fsp3) is 0.190. The summed E-state index contributed by atoms with van der Waals surface area (Å²) in [5, 5.41) is 28.1. The van der Waals surface area contributed by atoms with Crippen molar-refractivity contribution in [1.82, 2.24) is 4.90 Å². The Morgan fingerprint density at radius 1 is 1.18 bits per heavy atom. The highest BCUT2D eigenvalue weighted by Gasteiger charge is 2.31. The molecule has 1 N–H and O–H groups in total. The molecule has 140 valence electrons. The lowest BCUT2D eigenvalue weighted by atomic mass is 10.0. The van der Waals surface area contributed by atoms with Gasteiger partial charge in [0.2, 0.25) is 5.78 Å². The zero-order chi connectivity index (χ0) is 20.1. The van der Waals surface area contributed by atoms with Crippen LogP contribution in [0.1, 0.15) is 21.5 Å². The van der Waals surface area contributed by atoms with Gasteiger partial charge in [-0.25, -0.2) is 0 Å². The predicted octanol–water partition coefficient (Wildman–Crippen LogP) is 2.87. The minimum atomic E-state index is -0.311. The van der Waals surface area contributed by atoms with Crippen molar-refractivity contribution in [3.8, 4) is 29.4 Å². The lowest BCUT2D eigenvalue weighted by Crippen LogP contribution is -2.24. The number of aromatic hydroxyl groups is 1. The molecule has 0 bridgehead atoms. The second-order valence-corrected chi connectivity index (χ2v) is 6.08. The maximum atomic E-state index is 12.8. The van der Waals surface area contributed by atoms with Gasteiger partial charge in [0.25, 0.3) is 0 Å². The maximum absolute atomic E-state index is 12.8. The standard InChI is InChI=1S/C21H17N3O4/c1-27-18-5-3-2-4-14(18)12-19-20(26)15-6-7-17(25)16(21(15)28-19)13-24(10-8-22)11-9-23/h2-7,12,25H,10-11,13H2,1H3. The minimum absolute atomic E-state index is 0.00846. The van der Waals surface area contributed by atoms with Gasteiger partial charge in [0.1, 0.15) is 17.2 Å². The lowest BCUT2D eigenvalue weighted by molar-refractivity contribution is 0.101. The Hall–Kier alpha value is -3.81. The van der Waals surface area contributed by atoms with Crippen molar-refractivity contribution >= 4 is 11.9 Å². The number of hydrogen-bond acceptors (Lipinski definition) is 7. The average Bonchev–Trinajstić information content (AvgIpc) is 3.00. The van der Waals surface area contributed by atoms with Gasteiger partial charge < -0.3 is 14.6 Å². The van der Waals surface area contributed by atoms with Gasteiger partial charge in [-0.2, -0.15) is 10.5 Å². The van der Waals surface area contributed by atoms with Crippen LogP contribution in [0.25, 0.3) is 6.08 Å². The fourth-order valence-electron chi connectivity index (χ4n) is 2.97. The summed E-state index contributed by atoms with van der Waals surface area (Å²) in [5.41, 5.74) is 1.37. The minimum Gasteiger partial charge on any atom is -0.507 e. The highest BCUT2D eigenvalue weighted by atomic mass is 16.5. The number of ketones is 1. The van der Waals surface area contributed by atoms with E-state index in [1.807, 2.05) is 24.3 Å². The smallest absolute Gasteiger partial charge is 0.231 e. The quantitative estimate of drug-likeness (QED) is 0.611. The molecular weight excluding hydrogens is 358 g/mol. The number of Topliss-reactive ketones (excluding diaryl/α,β-unsaturated/α-hetero) is 1. The Labute approximate surface area is 162 Å². The number of nitrogens with zero attached hydrogens (tertiary/aromatic N) is 3. The Kier molecular flexibility index (Phi) is 5.59. The molecule has 7 heteroatoms. The topological polar surface area (TPSA) is 107 Å². The third kappa shape index (κ3) is 3.66. The summed E-state index contributed by atoms with van der Waals surface area (Å²) < 4.78 is 11.1. The van der Waals surface area contributed by atoms with E-state index in [0.29, 0.717) is 22.4 Å². The van der Waals surface area contributed by atoms with E-state index in [1.54, 1.807) is 30.2 Å². The summed E-state index contributed by atoms with van der Waals surface area (Å²) in [7, 11) is 1.54. The number of ether oxygens (including phenoxy) is 2. The first-order valence-electron chi connectivity index (χ1n) is 8.47. The Morgan fingerprint density at radius 2 is 1.89 bits per heavy atom. The molecule has 28 heavy (non-hydrogen) atoms. The van der Waals surface area contributed by atoms with Crippen LogP contribution < -0.4 is 9.47 Å². The van der Waals surface area contributed by atoms with Gasteiger partial charge >= 0.3 is 0 Å². The molecule has 1 aliphatic heterocycles. The van der Waals surface area contributed by atoms with Crippen LogP contribution in [0.4, 0.5) is 0 Å². The first-order chi connectivity index (χ1) is 13.6. The van der Waals surface area contributed by atoms with E-state index >= 15 is 0 Å². The largest absolute Gasteiger partial charge is 0.507 e. The van der Waals surface area contributed by atoms with Crippen LogP contribution in [-0.2, 0) is 6.54 Å². The van der Waals surface area contributed by atoms with Crippen molar-refractivity contribution in [2.75, 3.05) is 20.2 Å². The molecule has 7 nitrogen and oxygen atoms in total. The molecule has 0 radical (unpaired) electrons. The van der Waals surface area contributed by atoms with Crippen molar-refractivity contribution in [3.05, 3.63) is 58.8 Å². The van der Waals surface area contributed by atoms with Crippen LogP contribution >= 0.6 is 0 Å². The van der Waals surface area contributed by atoms with Crippen molar-refractivity contribution in [3.63, 3.8) is 0 Å². The number of rotatable bonds is 6. The third-order valence-corrected chi connectivity index (χ3v) is 4.31. The number of benzene rings is 2. The zero-order valence-corrected chi connectivity index (χ0v) is 15.2. The summed E-state index contributed by atoms with van der Waals surface area (Å²) in [5.74, 6) is 0.574. The Balaban J connectivity index is 1.98. The predicted molar refractivity (Wildman–Crippen MR) is 101 cm³/mol. The molecule has 2 aromatic carbocycles. The fourth-order valence-corrected chi connectivity index (χ4v) is 2.97. The van der Waals surface area contributed by atoms with Crippen molar-refractivity contribution < 1.29 is 19.4 Å². The van der Waals surface area contributed by atoms with E-state index in [1.165, 1.54) is 12.1 Å². The van der Waals surface area contributed by atoms with E-state index in [-0.39, 0.29) is 42.7 Å². The maximum Gasteiger partial charge on any atom is 0.231 e. The molecule has 0 amide bonds. The summed E-state index contributed by atoms with van der Waals surface area (Å²) in [6.45, 7) is 0.119. The Morgan fingerprint density at radius 3 is 2.57 bits per heavy atom. The van der Waals surface area contributed by atoms with Crippen LogP contribution in [0.2, 0.25) is 0 Å². The number of hydrogen-bond donors (Lipinski definition) is 1. The normalized spacial score (nSPS) is 13.7. The van der Waals surface area contributed by atoms with E-state index < -0.39 is 0 Å². The number of carbonyl (C=O) groups is 1. The molecule has 2 aromatic rings. The van der Waals surface area contributed by atoms with Crippen LogP contribution in [0.15, 0.2) is 42.2 Å². The van der Waals surface area contributed by atoms with E-state index in [9.17, 15) is 9.90 Å². The molecule has 1 heterocycles. The van der Waals surface area contributed by atoms with Gasteiger partial charge in [0.15, 0.2) is 5.76 Å². The average molecular weight is 375 g/mol. The molecule has 0 spiro atoms. The van der Waals surface area contributed by atoms with Crippen LogP contribution in [0, 0.1) is 22.7 Å². The summed E-state index contributed by atoms with van der Waals surface area (Å²) in [4.78, 5) is 14.3. The lowest BCUT2D eigenvalue weighted by Gasteiger charge is -2.17. The number of nitriles is 2. The number of phenolic OH excluding ortho intramolecular Hbond substituents is 1. The second-order valence-electron chi connectivity index (χ2n) is 6.08. The summed E-state index contributed by atoms with van der Waals surface area (Å²) in [6, 6.07) is 14.1. The zero-order valence-electron chi connectivity index (χ0n) is 15.2. The van der Waals surface area contributed by atoms with E-state index in [2.05, 4.69) is 0 Å². The molecule has 0 aromatic heterocycles. The molecule has 0 saturated carbocycles. The SMILES string of the molecule is COc1ccccc1C=C1Oc2c(ccc(O)c2CN(CC#N)CC#N)C1=O. The van der Waals surface area contributed by atoms with Crippen LogP contribution in [-0.4, -0.2) is 36.0 Å². The molecule has 1 aliphatic rings. The van der Waals surface area contributed by atoms with Gasteiger partial charge in [0, 0.05) is 12.1 Å². The number of allylic oxidation sites excluding steroid dienone is 1. The first kappa shape index (κ1) is 19.0. The highest BCUT2D eigenvalue weighted by molar-refractivity contribution is 6.15. The Bertz CT molecular complexity index is 1010. The van der Waals surface area contributed by atoms with E-state index in [4.69, 9.17) is 20.0 Å². The second kappa shape index (κ2) is 8.26. The third-order valence-electron chi connectivity index (χ3n) is 4.31. The summed E-state index contributed by atoms with van der Waals surface area (Å²) >= 11 is 0. The van der Waals surface area contributed by atoms with Gasteiger partial charge in [-0.3, -0.25) is 9.69 Å². The molecular formula is C21H17N3O4. The number of methoxy groups -OCH3 is 1. The first-order valence-corrected chi connectivity index (χ1v) is 8.47. The molecule has 0 unspecified atom stereocenters. The van der Waals surface area contributed by atoms with Crippen LogP contribution in [0.3, 0.4) is 0 Å². The molecule has 3 rings (SSSR count).